The van der Waals surface area contributed by atoms with Crippen molar-refractivity contribution in [1.29, 1.82) is 0 Å². The van der Waals surface area contributed by atoms with Gasteiger partial charge in [-0.25, -0.2) is 8.42 Å². The van der Waals surface area contributed by atoms with Gasteiger partial charge >= 0.3 is 0 Å². The van der Waals surface area contributed by atoms with E-state index in [1.807, 2.05) is 6.92 Å². The molecule has 0 atom stereocenters. The summed E-state index contributed by atoms with van der Waals surface area (Å²) in [4.78, 5) is 0. The summed E-state index contributed by atoms with van der Waals surface area (Å²) in [5, 5.41) is 2.08. The monoisotopic (exact) mass is 365 g/mol. The van der Waals surface area contributed by atoms with Crippen LogP contribution in [0.15, 0.2) is 38.3 Å². The topological polar surface area (TPSA) is 46.2 Å². The molecule has 18 heavy (non-hydrogen) atoms. The molecule has 0 saturated heterocycles. The average molecular weight is 367 g/mol. The average Bonchev–Trinajstić information content (AvgIpc) is 2.69. The molecule has 2 rings (SSSR count). The number of halogens is 2. The van der Waals surface area contributed by atoms with E-state index in [1.165, 1.54) is 0 Å². The second-order valence-electron chi connectivity index (χ2n) is 3.64. The van der Waals surface area contributed by atoms with Gasteiger partial charge in [0.15, 0.2) is 4.21 Å². The fraction of sp³-hybridized carbons (Fsp3) is 0.0909. The fourth-order valence-corrected chi connectivity index (χ4v) is 5.12. The first-order valence-corrected chi connectivity index (χ1v) is 8.45. The first-order chi connectivity index (χ1) is 8.40. The zero-order chi connectivity index (χ0) is 13.3. The highest BCUT2D eigenvalue weighted by Gasteiger charge is 2.20. The fourth-order valence-electron chi connectivity index (χ4n) is 1.37. The molecule has 0 radical (unpaired) electrons. The van der Waals surface area contributed by atoms with Crippen LogP contribution < -0.4 is 4.72 Å². The van der Waals surface area contributed by atoms with E-state index in [0.717, 1.165) is 16.9 Å². The van der Waals surface area contributed by atoms with Gasteiger partial charge in [-0.1, -0.05) is 17.7 Å². The Balaban J connectivity index is 2.37. The van der Waals surface area contributed by atoms with Gasteiger partial charge in [-0.15, -0.1) is 11.3 Å². The molecule has 0 amide bonds. The number of sulfonamides is 1. The summed E-state index contributed by atoms with van der Waals surface area (Å²) >= 11 is 10.3. The first-order valence-electron chi connectivity index (χ1n) is 4.92. The van der Waals surface area contributed by atoms with Crippen molar-refractivity contribution in [2.75, 3.05) is 4.72 Å². The van der Waals surface area contributed by atoms with Gasteiger partial charge in [-0.2, -0.15) is 0 Å². The van der Waals surface area contributed by atoms with E-state index >= 15 is 0 Å². The number of rotatable bonds is 3. The van der Waals surface area contributed by atoms with Gasteiger partial charge in [0, 0.05) is 4.47 Å². The number of anilines is 1. The van der Waals surface area contributed by atoms with Crippen LogP contribution in [0.1, 0.15) is 5.56 Å². The molecule has 0 bridgehead atoms. The smallest absolute Gasteiger partial charge is 0.272 e. The second-order valence-corrected chi connectivity index (χ2v) is 7.70. The number of aryl methyl sites for hydroxylation is 1. The Kier molecular flexibility index (Phi) is 4.01. The highest BCUT2D eigenvalue weighted by Crippen LogP contribution is 2.31. The lowest BCUT2D eigenvalue weighted by Gasteiger charge is -2.09. The van der Waals surface area contributed by atoms with Gasteiger partial charge in [0.2, 0.25) is 0 Å². The van der Waals surface area contributed by atoms with Crippen LogP contribution in [0.5, 0.6) is 0 Å². The Morgan fingerprint density at radius 2 is 2.06 bits per heavy atom. The minimum atomic E-state index is -3.60. The standard InChI is InChI=1S/C11H9BrClNO2S2/c1-7-2-3-10(9(13)6-7)14-18(15,16)11-8(12)4-5-17-11/h2-6,14H,1H3. The molecule has 3 nitrogen and oxygen atoms in total. The Bertz CT molecular complexity index is 682. The van der Waals surface area contributed by atoms with Gasteiger partial charge in [0.25, 0.3) is 10.0 Å². The van der Waals surface area contributed by atoms with E-state index in [9.17, 15) is 8.42 Å². The summed E-state index contributed by atoms with van der Waals surface area (Å²) in [6, 6.07) is 6.85. The third-order valence-corrected chi connectivity index (χ3v) is 6.55. The normalized spacial score (nSPS) is 11.5. The van der Waals surface area contributed by atoms with E-state index < -0.39 is 10.0 Å². The third kappa shape index (κ3) is 2.88. The first kappa shape index (κ1) is 13.9. The van der Waals surface area contributed by atoms with Crippen molar-refractivity contribution in [3.05, 3.63) is 44.7 Å². The molecule has 1 aromatic carbocycles. The van der Waals surface area contributed by atoms with Gasteiger partial charge in [-0.05, 0) is 52.0 Å². The summed E-state index contributed by atoms with van der Waals surface area (Å²) < 4.78 is 27.5. The number of nitrogens with one attached hydrogen (secondary N) is 1. The van der Waals surface area contributed by atoms with Crippen LogP contribution in [0.4, 0.5) is 5.69 Å². The summed E-state index contributed by atoms with van der Waals surface area (Å²) in [5.41, 5.74) is 1.35. The molecule has 1 heterocycles. The lowest BCUT2D eigenvalue weighted by Crippen LogP contribution is -2.12. The quantitative estimate of drug-likeness (QED) is 0.881. The molecule has 0 unspecified atom stereocenters. The van der Waals surface area contributed by atoms with Crippen molar-refractivity contribution in [3.8, 4) is 0 Å². The second kappa shape index (κ2) is 5.21. The van der Waals surface area contributed by atoms with Crippen LogP contribution in [-0.4, -0.2) is 8.42 Å². The Morgan fingerprint density at radius 1 is 1.33 bits per heavy atom. The molecule has 0 spiro atoms. The zero-order valence-corrected chi connectivity index (χ0v) is 13.3. The third-order valence-electron chi connectivity index (χ3n) is 2.20. The van der Waals surface area contributed by atoms with Crippen LogP contribution >= 0.6 is 38.9 Å². The van der Waals surface area contributed by atoms with Crippen LogP contribution in [0.2, 0.25) is 5.02 Å². The molecule has 0 saturated carbocycles. The van der Waals surface area contributed by atoms with E-state index in [1.54, 1.807) is 29.6 Å². The van der Waals surface area contributed by atoms with Crippen LogP contribution in [0, 0.1) is 6.92 Å². The lowest BCUT2D eigenvalue weighted by molar-refractivity contribution is 0.603. The Morgan fingerprint density at radius 3 is 2.61 bits per heavy atom. The maximum Gasteiger partial charge on any atom is 0.272 e. The van der Waals surface area contributed by atoms with E-state index in [-0.39, 0.29) is 4.21 Å². The largest absolute Gasteiger partial charge is 0.277 e. The zero-order valence-electron chi connectivity index (χ0n) is 9.28. The molecule has 1 N–H and O–H groups in total. The molecular formula is C11H9BrClNO2S2. The van der Waals surface area contributed by atoms with Crippen molar-refractivity contribution in [2.24, 2.45) is 0 Å². The van der Waals surface area contributed by atoms with Crippen molar-refractivity contribution in [3.63, 3.8) is 0 Å². The molecule has 2 aromatic rings. The van der Waals surface area contributed by atoms with E-state index in [2.05, 4.69) is 20.7 Å². The maximum atomic E-state index is 12.1. The minimum Gasteiger partial charge on any atom is -0.277 e. The highest BCUT2D eigenvalue weighted by molar-refractivity contribution is 9.10. The highest BCUT2D eigenvalue weighted by atomic mass is 79.9. The van der Waals surface area contributed by atoms with Crippen molar-refractivity contribution >= 4 is 54.6 Å². The molecule has 0 aliphatic heterocycles. The molecule has 96 valence electrons. The van der Waals surface area contributed by atoms with Gasteiger partial charge in [0.1, 0.15) is 0 Å². The summed E-state index contributed by atoms with van der Waals surface area (Å²) in [6.07, 6.45) is 0. The van der Waals surface area contributed by atoms with Crippen molar-refractivity contribution in [1.82, 2.24) is 0 Å². The lowest BCUT2D eigenvalue weighted by atomic mass is 10.2. The summed E-state index contributed by atoms with van der Waals surface area (Å²) in [7, 11) is -3.60. The summed E-state index contributed by atoms with van der Waals surface area (Å²) in [6.45, 7) is 1.89. The van der Waals surface area contributed by atoms with Crippen molar-refractivity contribution in [2.45, 2.75) is 11.1 Å². The SMILES string of the molecule is Cc1ccc(NS(=O)(=O)c2sccc2Br)c(Cl)c1. The van der Waals surface area contributed by atoms with E-state index in [4.69, 9.17) is 11.6 Å². The Hall–Kier alpha value is -0.560. The molecule has 1 aromatic heterocycles. The Labute approximate surface area is 123 Å². The van der Waals surface area contributed by atoms with Crippen molar-refractivity contribution < 1.29 is 8.42 Å². The predicted octanol–water partition coefficient (Wildman–Crippen LogP) is 4.27. The van der Waals surface area contributed by atoms with E-state index in [0.29, 0.717) is 15.2 Å². The molecular weight excluding hydrogens is 358 g/mol. The van der Waals surface area contributed by atoms with Gasteiger partial charge < -0.3 is 0 Å². The number of hydrogen-bond acceptors (Lipinski definition) is 3. The molecule has 0 aliphatic carbocycles. The number of benzene rings is 1. The number of thiophene rings is 1. The van der Waals surface area contributed by atoms with Crippen LogP contribution in [0.3, 0.4) is 0 Å². The summed E-state index contributed by atoms with van der Waals surface area (Å²) in [5.74, 6) is 0. The van der Waals surface area contributed by atoms with Gasteiger partial charge in [-0.3, -0.25) is 4.72 Å². The minimum absolute atomic E-state index is 0.235. The number of hydrogen-bond donors (Lipinski definition) is 1. The van der Waals surface area contributed by atoms with Crippen LogP contribution in [-0.2, 0) is 10.0 Å². The molecule has 7 heteroatoms. The van der Waals surface area contributed by atoms with Crippen LogP contribution in [0.25, 0.3) is 0 Å². The maximum absolute atomic E-state index is 12.1. The van der Waals surface area contributed by atoms with Gasteiger partial charge in [0.05, 0.1) is 10.7 Å². The molecule has 0 aliphatic rings. The molecule has 0 fully saturated rings. The predicted molar refractivity (Wildman–Crippen MR) is 79.0 cm³/mol.